The van der Waals surface area contributed by atoms with E-state index < -0.39 is 0 Å². The second-order valence-corrected chi connectivity index (χ2v) is 5.82. The van der Waals surface area contributed by atoms with Gasteiger partial charge in [-0.05, 0) is 40.6 Å². The molecule has 1 unspecified atom stereocenters. The van der Waals surface area contributed by atoms with Gasteiger partial charge >= 0.3 is 0 Å². The smallest absolute Gasteiger partial charge is 0.136 e. The zero-order valence-corrected chi connectivity index (χ0v) is 13.1. The standard InChI is InChI=1S/C18H16BrNO/c19-16-8-5-14(6-9-16)18(12-20)21-17-10-7-13-3-1-2-4-15(13)11-17/h1-11,18H,12,20H2. The van der Waals surface area contributed by atoms with Crippen LogP contribution in [-0.4, -0.2) is 6.54 Å². The molecule has 21 heavy (non-hydrogen) atoms. The SMILES string of the molecule is NCC(Oc1ccc2ccccc2c1)c1ccc(Br)cc1. The fourth-order valence-corrected chi connectivity index (χ4v) is 2.60. The summed E-state index contributed by atoms with van der Waals surface area (Å²) in [6, 6.07) is 22.4. The number of hydrogen-bond donors (Lipinski definition) is 1. The van der Waals surface area contributed by atoms with Crippen LogP contribution in [0.2, 0.25) is 0 Å². The van der Waals surface area contributed by atoms with E-state index in [1.54, 1.807) is 0 Å². The number of hydrogen-bond acceptors (Lipinski definition) is 2. The first-order chi connectivity index (χ1) is 10.3. The van der Waals surface area contributed by atoms with Crippen molar-refractivity contribution < 1.29 is 4.74 Å². The zero-order chi connectivity index (χ0) is 14.7. The predicted octanol–water partition coefficient (Wildman–Crippen LogP) is 4.68. The molecule has 2 nitrogen and oxygen atoms in total. The summed E-state index contributed by atoms with van der Waals surface area (Å²) in [6.45, 7) is 0.439. The van der Waals surface area contributed by atoms with E-state index in [-0.39, 0.29) is 6.10 Å². The molecule has 0 heterocycles. The minimum absolute atomic E-state index is 0.140. The van der Waals surface area contributed by atoms with Crippen LogP contribution in [0.15, 0.2) is 71.2 Å². The summed E-state index contributed by atoms with van der Waals surface area (Å²) in [6.07, 6.45) is -0.140. The Hall–Kier alpha value is -1.84. The van der Waals surface area contributed by atoms with Gasteiger partial charge in [0, 0.05) is 11.0 Å². The van der Waals surface area contributed by atoms with Crippen molar-refractivity contribution in [2.75, 3.05) is 6.54 Å². The fraction of sp³-hybridized carbons (Fsp3) is 0.111. The van der Waals surface area contributed by atoms with Gasteiger partial charge < -0.3 is 10.5 Å². The highest BCUT2D eigenvalue weighted by atomic mass is 79.9. The van der Waals surface area contributed by atoms with Gasteiger partial charge in [0.25, 0.3) is 0 Å². The van der Waals surface area contributed by atoms with Gasteiger partial charge in [0.05, 0.1) is 0 Å². The van der Waals surface area contributed by atoms with Gasteiger partial charge in [-0.25, -0.2) is 0 Å². The van der Waals surface area contributed by atoms with Crippen molar-refractivity contribution in [1.82, 2.24) is 0 Å². The highest BCUT2D eigenvalue weighted by molar-refractivity contribution is 9.10. The third kappa shape index (κ3) is 3.26. The summed E-state index contributed by atoms with van der Waals surface area (Å²) in [5, 5.41) is 2.37. The summed E-state index contributed by atoms with van der Waals surface area (Å²) in [5.41, 5.74) is 6.94. The summed E-state index contributed by atoms with van der Waals surface area (Å²) >= 11 is 3.44. The van der Waals surface area contributed by atoms with Crippen LogP contribution in [0, 0.1) is 0 Å². The molecule has 2 N–H and O–H groups in total. The molecule has 0 aliphatic carbocycles. The largest absolute Gasteiger partial charge is 0.484 e. The minimum Gasteiger partial charge on any atom is -0.484 e. The Balaban J connectivity index is 1.86. The fourth-order valence-electron chi connectivity index (χ4n) is 2.33. The van der Waals surface area contributed by atoms with E-state index in [0.717, 1.165) is 15.8 Å². The van der Waals surface area contributed by atoms with Gasteiger partial charge in [-0.3, -0.25) is 0 Å². The van der Waals surface area contributed by atoms with Crippen LogP contribution in [-0.2, 0) is 0 Å². The van der Waals surface area contributed by atoms with Crippen molar-refractivity contribution in [1.29, 1.82) is 0 Å². The first kappa shape index (κ1) is 14.1. The van der Waals surface area contributed by atoms with Crippen molar-refractivity contribution in [3.8, 4) is 5.75 Å². The molecule has 0 aromatic heterocycles. The molecule has 0 aliphatic rings. The Labute approximate surface area is 132 Å². The molecule has 3 rings (SSSR count). The molecule has 0 aliphatic heterocycles. The van der Waals surface area contributed by atoms with E-state index in [1.165, 1.54) is 10.8 Å². The number of ether oxygens (including phenoxy) is 1. The summed E-state index contributed by atoms with van der Waals surface area (Å²) in [4.78, 5) is 0. The van der Waals surface area contributed by atoms with Crippen molar-refractivity contribution in [3.63, 3.8) is 0 Å². The van der Waals surface area contributed by atoms with Crippen molar-refractivity contribution in [2.24, 2.45) is 5.73 Å². The predicted molar refractivity (Wildman–Crippen MR) is 90.5 cm³/mol. The third-order valence-electron chi connectivity index (χ3n) is 3.46. The topological polar surface area (TPSA) is 35.2 Å². The van der Waals surface area contributed by atoms with Crippen LogP contribution in [0.25, 0.3) is 10.8 Å². The van der Waals surface area contributed by atoms with Crippen LogP contribution in [0.1, 0.15) is 11.7 Å². The maximum atomic E-state index is 6.06. The summed E-state index contributed by atoms with van der Waals surface area (Å²) in [5.74, 6) is 0.840. The molecule has 3 aromatic carbocycles. The molecule has 1 atom stereocenters. The Kier molecular flexibility index (Phi) is 4.23. The van der Waals surface area contributed by atoms with E-state index in [2.05, 4.69) is 40.2 Å². The molecule has 3 heteroatoms. The average Bonchev–Trinajstić information content (AvgIpc) is 2.53. The average molecular weight is 342 g/mol. The maximum Gasteiger partial charge on any atom is 0.136 e. The Morgan fingerprint density at radius 1 is 0.905 bits per heavy atom. The molecular formula is C18H16BrNO. The van der Waals surface area contributed by atoms with Gasteiger partial charge in [0.2, 0.25) is 0 Å². The van der Waals surface area contributed by atoms with E-state index in [0.29, 0.717) is 6.54 Å². The number of fused-ring (bicyclic) bond motifs is 1. The molecule has 0 bridgehead atoms. The second-order valence-electron chi connectivity index (χ2n) is 4.90. The quantitative estimate of drug-likeness (QED) is 0.747. The van der Waals surface area contributed by atoms with Crippen LogP contribution in [0.4, 0.5) is 0 Å². The molecule has 0 fully saturated rings. The van der Waals surface area contributed by atoms with E-state index >= 15 is 0 Å². The van der Waals surface area contributed by atoms with Crippen LogP contribution < -0.4 is 10.5 Å². The molecule has 0 saturated heterocycles. The molecule has 106 valence electrons. The summed E-state index contributed by atoms with van der Waals surface area (Å²) < 4.78 is 7.11. The lowest BCUT2D eigenvalue weighted by Crippen LogP contribution is -2.18. The number of benzene rings is 3. The number of rotatable bonds is 4. The highest BCUT2D eigenvalue weighted by Gasteiger charge is 2.11. The van der Waals surface area contributed by atoms with Crippen molar-refractivity contribution in [3.05, 3.63) is 76.8 Å². The first-order valence-corrected chi connectivity index (χ1v) is 7.66. The van der Waals surface area contributed by atoms with E-state index in [1.807, 2.05) is 42.5 Å². The molecule has 0 spiro atoms. The van der Waals surface area contributed by atoms with Crippen molar-refractivity contribution >= 4 is 26.7 Å². The number of halogens is 1. The molecule has 0 saturated carbocycles. The van der Waals surface area contributed by atoms with Gasteiger partial charge in [-0.15, -0.1) is 0 Å². The summed E-state index contributed by atoms with van der Waals surface area (Å²) in [7, 11) is 0. The van der Waals surface area contributed by atoms with Crippen molar-refractivity contribution in [2.45, 2.75) is 6.10 Å². The molecule has 0 radical (unpaired) electrons. The molecule has 0 amide bonds. The Morgan fingerprint density at radius 3 is 2.33 bits per heavy atom. The van der Waals surface area contributed by atoms with Gasteiger partial charge in [-0.2, -0.15) is 0 Å². The lowest BCUT2D eigenvalue weighted by atomic mass is 10.1. The molecular weight excluding hydrogens is 326 g/mol. The Bertz CT molecular complexity index is 740. The van der Waals surface area contributed by atoms with E-state index in [4.69, 9.17) is 10.5 Å². The van der Waals surface area contributed by atoms with E-state index in [9.17, 15) is 0 Å². The number of nitrogens with two attached hydrogens (primary N) is 1. The normalized spacial score (nSPS) is 12.3. The zero-order valence-electron chi connectivity index (χ0n) is 11.5. The Morgan fingerprint density at radius 2 is 1.62 bits per heavy atom. The van der Waals surface area contributed by atoms with Crippen LogP contribution in [0.5, 0.6) is 5.75 Å². The third-order valence-corrected chi connectivity index (χ3v) is 3.98. The lowest BCUT2D eigenvalue weighted by molar-refractivity contribution is 0.214. The van der Waals surface area contributed by atoms with Crippen LogP contribution in [0.3, 0.4) is 0 Å². The van der Waals surface area contributed by atoms with Crippen LogP contribution >= 0.6 is 15.9 Å². The molecule has 3 aromatic rings. The van der Waals surface area contributed by atoms with Gasteiger partial charge in [-0.1, -0.05) is 58.4 Å². The lowest BCUT2D eigenvalue weighted by Gasteiger charge is -2.18. The minimum atomic E-state index is -0.140. The monoisotopic (exact) mass is 341 g/mol. The first-order valence-electron chi connectivity index (χ1n) is 6.87. The highest BCUT2D eigenvalue weighted by Crippen LogP contribution is 2.26. The second kappa shape index (κ2) is 6.29. The van der Waals surface area contributed by atoms with Gasteiger partial charge in [0.15, 0.2) is 0 Å². The van der Waals surface area contributed by atoms with Gasteiger partial charge in [0.1, 0.15) is 11.9 Å². The maximum absolute atomic E-state index is 6.06.